The maximum atomic E-state index is 14.6. The lowest BCUT2D eigenvalue weighted by Gasteiger charge is -2.41. The second-order valence-electron chi connectivity index (χ2n) is 9.18. The number of hydrogen-bond acceptors (Lipinski definition) is 8. The average Bonchev–Trinajstić information content (AvgIpc) is 3.42. The first-order chi connectivity index (χ1) is 19.8. The van der Waals surface area contributed by atoms with Gasteiger partial charge in [0.05, 0.1) is 27.4 Å². The highest BCUT2D eigenvalue weighted by Crippen LogP contribution is 2.37. The lowest BCUT2D eigenvalue weighted by Crippen LogP contribution is -2.87. The molecular formula is C25H24Cl2F5N6O4+. The molecule has 42 heavy (non-hydrogen) atoms. The lowest BCUT2D eigenvalue weighted by molar-refractivity contribution is -0.543. The summed E-state index contributed by atoms with van der Waals surface area (Å²) in [6.07, 6.45) is -7.61. The van der Waals surface area contributed by atoms with Crippen LogP contribution in [0.25, 0.3) is 11.3 Å². The molecule has 10 nitrogen and oxygen atoms in total. The maximum absolute atomic E-state index is 14.6. The Balaban J connectivity index is 1.79. The summed E-state index contributed by atoms with van der Waals surface area (Å²) in [5, 5.41) is 25.2. The van der Waals surface area contributed by atoms with Crippen molar-refractivity contribution in [3.63, 3.8) is 0 Å². The summed E-state index contributed by atoms with van der Waals surface area (Å²) < 4.78 is 82.3. The molecular weight excluding hydrogens is 614 g/mol. The fourth-order valence-electron chi connectivity index (χ4n) is 4.58. The van der Waals surface area contributed by atoms with Gasteiger partial charge in [-0.15, -0.1) is 0 Å². The maximum Gasteiger partial charge on any atom is 0.435 e. The Morgan fingerprint density at radius 3 is 2.57 bits per heavy atom. The van der Waals surface area contributed by atoms with Crippen LogP contribution in [0.5, 0.6) is 0 Å². The molecule has 226 valence electrons. The Kier molecular flexibility index (Phi) is 9.49. The monoisotopic (exact) mass is 637 g/mol. The minimum absolute atomic E-state index is 0.0512. The van der Waals surface area contributed by atoms with Gasteiger partial charge in [0.25, 0.3) is 0 Å². The molecule has 3 heterocycles. The van der Waals surface area contributed by atoms with Crippen LogP contribution in [0.3, 0.4) is 0 Å². The van der Waals surface area contributed by atoms with Crippen molar-refractivity contribution >= 4 is 35.0 Å². The van der Waals surface area contributed by atoms with Crippen LogP contribution in [0.2, 0.25) is 10.0 Å². The third-order valence-electron chi connectivity index (χ3n) is 6.52. The summed E-state index contributed by atoms with van der Waals surface area (Å²) in [7, 11) is 1.27. The molecule has 1 fully saturated rings. The van der Waals surface area contributed by atoms with Gasteiger partial charge in [-0.25, -0.2) is 28.4 Å². The van der Waals surface area contributed by atoms with Crippen LogP contribution in [-0.4, -0.2) is 73.7 Å². The van der Waals surface area contributed by atoms with Gasteiger partial charge >= 0.3 is 6.18 Å². The first kappa shape index (κ1) is 31.7. The minimum Gasteiger partial charge on any atom is -0.404 e. The van der Waals surface area contributed by atoms with E-state index in [0.717, 1.165) is 35.5 Å². The number of nitrogens with one attached hydrogen (secondary N) is 1. The van der Waals surface area contributed by atoms with Crippen molar-refractivity contribution in [3.05, 3.63) is 75.7 Å². The average molecular weight is 638 g/mol. The summed E-state index contributed by atoms with van der Waals surface area (Å²) in [5.74, 6) is -2.87. The van der Waals surface area contributed by atoms with Crippen LogP contribution in [0, 0.1) is 11.6 Å². The van der Waals surface area contributed by atoms with E-state index in [2.05, 4.69) is 20.1 Å². The van der Waals surface area contributed by atoms with Crippen molar-refractivity contribution in [1.29, 1.82) is 0 Å². The SMILES string of the molecule is CO[C@@H]1C([NH+]=C/C(=C\N)c2ccc(Cl)c(F)c2F)C(O)[C@H](c2ncnn2-c2cc(Cl)cnc2C(F)(F)F)OC1C(C)O. The summed E-state index contributed by atoms with van der Waals surface area (Å²) in [4.78, 5) is 10.2. The standard InChI is InChI=1S/C25H23Cl2F5N6O4/c1-10(39)20-21(41-2)18(34-7-11(6-33)13-3-4-14(27)17(29)16(13)28)19(40)22(42-20)24-36-9-37-38(24)15-5-12(26)8-35-23(15)25(30,31)32/h3-10,18-22,39-40H,33H2,1-2H3/p+1/b11-6+,34-7?/t10?,18?,19?,20?,21-,22-/m1/s1. The van der Waals surface area contributed by atoms with Gasteiger partial charge in [-0.2, -0.15) is 18.3 Å². The Morgan fingerprint density at radius 2 is 1.95 bits per heavy atom. The topological polar surface area (TPSA) is 143 Å². The van der Waals surface area contributed by atoms with Crippen LogP contribution < -0.4 is 10.7 Å². The molecule has 6 atom stereocenters. The van der Waals surface area contributed by atoms with Gasteiger partial charge < -0.3 is 25.4 Å². The van der Waals surface area contributed by atoms with Crippen molar-refractivity contribution in [1.82, 2.24) is 19.7 Å². The summed E-state index contributed by atoms with van der Waals surface area (Å²) >= 11 is 11.6. The summed E-state index contributed by atoms with van der Waals surface area (Å²) in [5.41, 5.74) is 3.42. The molecule has 0 saturated carbocycles. The smallest absolute Gasteiger partial charge is 0.404 e. The van der Waals surface area contributed by atoms with Gasteiger partial charge in [-0.3, -0.25) is 0 Å². The number of aliphatic hydroxyl groups excluding tert-OH is 2. The minimum atomic E-state index is -4.90. The highest BCUT2D eigenvalue weighted by molar-refractivity contribution is 6.31. The number of allylic oxidation sites excluding steroid dienone is 1. The van der Waals surface area contributed by atoms with Gasteiger partial charge in [-0.1, -0.05) is 23.2 Å². The number of benzene rings is 1. The van der Waals surface area contributed by atoms with Gasteiger partial charge in [0.2, 0.25) is 6.04 Å². The number of rotatable bonds is 7. The second-order valence-corrected chi connectivity index (χ2v) is 10.0. The molecule has 1 aromatic carbocycles. The van der Waals surface area contributed by atoms with E-state index in [0.29, 0.717) is 0 Å². The molecule has 17 heteroatoms. The molecule has 5 N–H and O–H groups in total. The largest absolute Gasteiger partial charge is 0.435 e. The van der Waals surface area contributed by atoms with Crippen molar-refractivity contribution in [2.45, 2.75) is 49.7 Å². The number of halogens is 7. The summed E-state index contributed by atoms with van der Waals surface area (Å²) in [6, 6.07) is 2.11. The molecule has 3 aromatic rings. The zero-order valence-corrected chi connectivity index (χ0v) is 23.2. The van der Waals surface area contributed by atoms with Gasteiger partial charge in [0.1, 0.15) is 18.5 Å². The van der Waals surface area contributed by atoms with E-state index < -0.39 is 70.8 Å². The second kappa shape index (κ2) is 12.6. The fourth-order valence-corrected chi connectivity index (χ4v) is 4.88. The van der Waals surface area contributed by atoms with Gasteiger partial charge in [0, 0.05) is 25.1 Å². The van der Waals surface area contributed by atoms with Gasteiger partial charge in [0.15, 0.2) is 41.6 Å². The molecule has 4 rings (SSSR count). The third kappa shape index (κ3) is 6.11. The van der Waals surface area contributed by atoms with Crippen LogP contribution in [0.1, 0.15) is 30.1 Å². The Morgan fingerprint density at radius 1 is 1.24 bits per heavy atom. The number of nitrogens with zero attached hydrogens (tertiary/aromatic N) is 4. The van der Waals surface area contributed by atoms with Crippen LogP contribution in [0.15, 0.2) is 36.9 Å². The lowest BCUT2D eigenvalue weighted by atomic mass is 9.90. The molecule has 1 aliphatic heterocycles. The molecule has 0 radical (unpaired) electrons. The van der Waals surface area contributed by atoms with E-state index in [4.69, 9.17) is 38.4 Å². The predicted octanol–water partition coefficient (Wildman–Crippen LogP) is 1.98. The fraction of sp³-hybridized carbons (Fsp3) is 0.360. The first-order valence-corrected chi connectivity index (χ1v) is 12.9. The molecule has 0 bridgehead atoms. The van der Waals surface area contributed by atoms with Crippen molar-refractivity contribution < 1.29 is 46.6 Å². The Hall–Kier alpha value is -3.21. The number of aromatic nitrogens is 4. The zero-order chi connectivity index (χ0) is 30.9. The van der Waals surface area contributed by atoms with Crippen LogP contribution in [0.4, 0.5) is 22.0 Å². The summed E-state index contributed by atoms with van der Waals surface area (Å²) in [6.45, 7) is 1.37. The van der Waals surface area contributed by atoms with Crippen molar-refractivity contribution in [3.8, 4) is 5.69 Å². The first-order valence-electron chi connectivity index (χ1n) is 12.1. The van der Waals surface area contributed by atoms with Crippen molar-refractivity contribution in [2.24, 2.45) is 5.73 Å². The van der Waals surface area contributed by atoms with Crippen LogP contribution >= 0.6 is 23.2 Å². The molecule has 0 spiro atoms. The van der Waals surface area contributed by atoms with Crippen LogP contribution in [-0.2, 0) is 15.7 Å². The highest BCUT2D eigenvalue weighted by atomic mass is 35.5. The number of nitrogens with two attached hydrogens (primary N) is 1. The molecule has 0 aliphatic carbocycles. The number of pyridine rings is 1. The zero-order valence-electron chi connectivity index (χ0n) is 21.7. The van der Waals surface area contributed by atoms with E-state index in [-0.39, 0.29) is 22.0 Å². The number of methoxy groups -OCH3 is 1. The van der Waals surface area contributed by atoms with Gasteiger partial charge in [-0.05, 0) is 25.1 Å². The molecule has 1 aliphatic rings. The Bertz CT molecular complexity index is 1500. The third-order valence-corrected chi connectivity index (χ3v) is 7.02. The van der Waals surface area contributed by atoms with E-state index in [1.54, 1.807) is 0 Å². The van der Waals surface area contributed by atoms with E-state index in [9.17, 15) is 32.2 Å². The normalized spacial score (nSPS) is 24.4. The molecule has 1 saturated heterocycles. The quantitative estimate of drug-likeness (QED) is 0.175. The molecule has 2 aromatic heterocycles. The molecule has 0 amide bonds. The Labute approximate surface area is 245 Å². The van der Waals surface area contributed by atoms with E-state index in [1.807, 2.05) is 0 Å². The number of alkyl halides is 3. The number of ether oxygens (including phenoxy) is 2. The highest BCUT2D eigenvalue weighted by Gasteiger charge is 2.52. The predicted molar refractivity (Wildman–Crippen MR) is 140 cm³/mol. The van der Waals surface area contributed by atoms with Crippen molar-refractivity contribution in [2.75, 3.05) is 7.11 Å². The van der Waals surface area contributed by atoms with E-state index >= 15 is 0 Å². The molecule has 4 unspecified atom stereocenters. The van der Waals surface area contributed by atoms with E-state index in [1.165, 1.54) is 26.3 Å². The number of aliphatic hydroxyl groups is 2. The number of hydrogen-bond donors (Lipinski definition) is 4.